The highest BCUT2D eigenvalue weighted by molar-refractivity contribution is 5.32. The van der Waals surface area contributed by atoms with E-state index in [1.54, 1.807) is 0 Å². The predicted octanol–water partition coefficient (Wildman–Crippen LogP) is 4.54. The van der Waals surface area contributed by atoms with Crippen molar-refractivity contribution in [2.24, 2.45) is 0 Å². The van der Waals surface area contributed by atoms with Gasteiger partial charge >= 0.3 is 0 Å². The molecule has 0 aromatic heterocycles. The molecule has 1 aromatic rings. The maximum Gasteiger partial charge on any atom is 0.160 e. The van der Waals surface area contributed by atoms with E-state index in [4.69, 9.17) is 14.2 Å². The molecule has 0 radical (unpaired) electrons. The summed E-state index contributed by atoms with van der Waals surface area (Å²) >= 11 is 0. The van der Waals surface area contributed by atoms with Crippen LogP contribution in [0, 0.1) is 0 Å². The van der Waals surface area contributed by atoms with Crippen LogP contribution in [0.5, 0.6) is 5.75 Å². The fourth-order valence-corrected chi connectivity index (χ4v) is 2.03. The van der Waals surface area contributed by atoms with Gasteiger partial charge in [-0.25, -0.2) is 0 Å². The lowest BCUT2D eigenvalue weighted by molar-refractivity contribution is -0.183. The first-order valence-corrected chi connectivity index (χ1v) is 8.02. The van der Waals surface area contributed by atoms with E-state index in [1.165, 1.54) is 5.56 Å². The topological polar surface area (TPSA) is 27.7 Å². The number of ether oxygens (including phenoxy) is 3. The summed E-state index contributed by atoms with van der Waals surface area (Å²) < 4.78 is 16.8. The lowest BCUT2D eigenvalue weighted by Crippen LogP contribution is -2.26. The van der Waals surface area contributed by atoms with Crippen LogP contribution in [0.3, 0.4) is 0 Å². The molecule has 1 aliphatic rings. The van der Waals surface area contributed by atoms with Crippen LogP contribution < -0.4 is 4.74 Å². The van der Waals surface area contributed by atoms with Gasteiger partial charge in [-0.05, 0) is 29.5 Å². The average molecular weight is 294 g/mol. The molecule has 1 fully saturated rings. The van der Waals surface area contributed by atoms with Crippen LogP contribution in [0.4, 0.5) is 0 Å². The SMILES string of the molecule is CC.CC(C)(C)c1cccc(OCCC2OCCCO2)c1. The molecule has 3 heteroatoms. The van der Waals surface area contributed by atoms with Gasteiger partial charge in [0.2, 0.25) is 0 Å². The minimum atomic E-state index is -0.0976. The molecule has 0 atom stereocenters. The standard InChI is InChI=1S/C16H24O3.C2H6/c1-16(2,3)13-6-4-7-14(12-13)17-11-8-15-18-9-5-10-19-15;1-2/h4,6-7,12,15H,5,8-11H2,1-3H3;1-2H3. The molecule has 1 heterocycles. The van der Waals surface area contributed by atoms with Crippen LogP contribution in [-0.2, 0) is 14.9 Å². The molecule has 1 saturated heterocycles. The van der Waals surface area contributed by atoms with Crippen molar-refractivity contribution in [1.82, 2.24) is 0 Å². The summed E-state index contributed by atoms with van der Waals surface area (Å²) in [5.74, 6) is 0.920. The van der Waals surface area contributed by atoms with Gasteiger partial charge in [0.15, 0.2) is 6.29 Å². The second kappa shape index (κ2) is 9.06. The van der Waals surface area contributed by atoms with Gasteiger partial charge in [0.05, 0.1) is 19.8 Å². The lowest BCUT2D eigenvalue weighted by atomic mass is 9.87. The van der Waals surface area contributed by atoms with E-state index < -0.39 is 0 Å². The van der Waals surface area contributed by atoms with E-state index in [9.17, 15) is 0 Å². The Morgan fingerprint density at radius 1 is 1.14 bits per heavy atom. The molecule has 2 rings (SSSR count). The van der Waals surface area contributed by atoms with Crippen LogP contribution in [0.15, 0.2) is 24.3 Å². The monoisotopic (exact) mass is 294 g/mol. The molecule has 1 aromatic carbocycles. The van der Waals surface area contributed by atoms with Crippen molar-refractivity contribution in [3.8, 4) is 5.75 Å². The van der Waals surface area contributed by atoms with Crippen molar-refractivity contribution in [1.29, 1.82) is 0 Å². The second-order valence-electron chi connectivity index (χ2n) is 5.94. The number of hydrogen-bond acceptors (Lipinski definition) is 3. The number of hydrogen-bond donors (Lipinski definition) is 0. The first kappa shape index (κ1) is 18.0. The van der Waals surface area contributed by atoms with Crippen molar-refractivity contribution >= 4 is 0 Å². The average Bonchev–Trinajstić information content (AvgIpc) is 2.50. The highest BCUT2D eigenvalue weighted by atomic mass is 16.7. The molecule has 0 saturated carbocycles. The summed E-state index contributed by atoms with van der Waals surface area (Å²) in [6, 6.07) is 8.30. The maximum absolute atomic E-state index is 5.78. The van der Waals surface area contributed by atoms with E-state index in [1.807, 2.05) is 26.0 Å². The summed E-state index contributed by atoms with van der Waals surface area (Å²) in [4.78, 5) is 0. The van der Waals surface area contributed by atoms with E-state index in [0.717, 1.165) is 31.8 Å². The Bertz CT molecular complexity index is 390. The van der Waals surface area contributed by atoms with Crippen molar-refractivity contribution in [3.63, 3.8) is 0 Å². The predicted molar refractivity (Wildman–Crippen MR) is 86.9 cm³/mol. The Kier molecular flexibility index (Phi) is 7.76. The first-order valence-electron chi connectivity index (χ1n) is 8.02. The van der Waals surface area contributed by atoms with Crippen LogP contribution in [-0.4, -0.2) is 26.1 Å². The zero-order valence-corrected chi connectivity index (χ0v) is 14.1. The third-order valence-corrected chi connectivity index (χ3v) is 3.22. The van der Waals surface area contributed by atoms with Crippen molar-refractivity contribution < 1.29 is 14.2 Å². The summed E-state index contributed by atoms with van der Waals surface area (Å²) in [7, 11) is 0. The zero-order valence-electron chi connectivity index (χ0n) is 14.1. The van der Waals surface area contributed by atoms with Gasteiger partial charge in [-0.2, -0.15) is 0 Å². The lowest BCUT2D eigenvalue weighted by Gasteiger charge is -2.23. The van der Waals surface area contributed by atoms with Crippen molar-refractivity contribution in [2.45, 2.75) is 59.2 Å². The van der Waals surface area contributed by atoms with Crippen LogP contribution in [0.25, 0.3) is 0 Å². The summed E-state index contributed by atoms with van der Waals surface area (Å²) in [5, 5.41) is 0. The zero-order chi connectivity index (χ0) is 15.7. The Balaban J connectivity index is 0.00000106. The molecule has 3 nitrogen and oxygen atoms in total. The van der Waals surface area contributed by atoms with Crippen molar-refractivity contribution in [3.05, 3.63) is 29.8 Å². The van der Waals surface area contributed by atoms with E-state index in [0.29, 0.717) is 6.61 Å². The molecular formula is C18H30O3. The smallest absolute Gasteiger partial charge is 0.160 e. The third-order valence-electron chi connectivity index (χ3n) is 3.22. The van der Waals surface area contributed by atoms with Crippen LogP contribution in [0.2, 0.25) is 0 Å². The van der Waals surface area contributed by atoms with E-state index in [2.05, 4.69) is 32.9 Å². The van der Waals surface area contributed by atoms with E-state index >= 15 is 0 Å². The van der Waals surface area contributed by atoms with Gasteiger partial charge in [0, 0.05) is 6.42 Å². The molecule has 0 bridgehead atoms. The number of benzene rings is 1. The Hall–Kier alpha value is -1.06. The molecule has 1 aliphatic heterocycles. The van der Waals surface area contributed by atoms with Crippen LogP contribution in [0.1, 0.15) is 53.0 Å². The van der Waals surface area contributed by atoms with Gasteiger partial charge in [0.25, 0.3) is 0 Å². The van der Waals surface area contributed by atoms with Gasteiger partial charge in [-0.1, -0.05) is 46.8 Å². The fraction of sp³-hybridized carbons (Fsp3) is 0.667. The fourth-order valence-electron chi connectivity index (χ4n) is 2.03. The molecule has 0 amide bonds. The Morgan fingerprint density at radius 2 is 1.81 bits per heavy atom. The molecule has 0 N–H and O–H groups in total. The molecule has 0 aliphatic carbocycles. The highest BCUT2D eigenvalue weighted by Gasteiger charge is 2.15. The molecular weight excluding hydrogens is 264 g/mol. The van der Waals surface area contributed by atoms with Gasteiger partial charge < -0.3 is 14.2 Å². The Morgan fingerprint density at radius 3 is 2.43 bits per heavy atom. The first-order chi connectivity index (χ1) is 10.1. The molecule has 0 unspecified atom stereocenters. The maximum atomic E-state index is 5.78. The minimum Gasteiger partial charge on any atom is -0.493 e. The van der Waals surface area contributed by atoms with Gasteiger partial charge in [-0.3, -0.25) is 0 Å². The van der Waals surface area contributed by atoms with Crippen molar-refractivity contribution in [2.75, 3.05) is 19.8 Å². The second-order valence-corrected chi connectivity index (χ2v) is 5.94. The quantitative estimate of drug-likeness (QED) is 0.816. The van der Waals surface area contributed by atoms with Gasteiger partial charge in [-0.15, -0.1) is 0 Å². The normalized spacial score (nSPS) is 16.0. The molecule has 0 spiro atoms. The summed E-state index contributed by atoms with van der Waals surface area (Å²) in [6.45, 7) is 12.8. The van der Waals surface area contributed by atoms with Crippen LogP contribution >= 0.6 is 0 Å². The summed E-state index contributed by atoms with van der Waals surface area (Å²) in [5.41, 5.74) is 1.43. The third kappa shape index (κ3) is 6.49. The van der Waals surface area contributed by atoms with E-state index in [-0.39, 0.29) is 11.7 Å². The largest absolute Gasteiger partial charge is 0.493 e. The summed E-state index contributed by atoms with van der Waals surface area (Å²) in [6.07, 6.45) is 1.67. The minimum absolute atomic E-state index is 0.0976. The highest BCUT2D eigenvalue weighted by Crippen LogP contribution is 2.25. The molecule has 120 valence electrons. The number of rotatable bonds is 4. The van der Waals surface area contributed by atoms with Gasteiger partial charge in [0.1, 0.15) is 5.75 Å². The Labute approximate surface area is 129 Å². The molecule has 21 heavy (non-hydrogen) atoms.